The molecule has 232 valence electrons. The average Bonchev–Trinajstić information content (AvgIpc) is 3.67. The summed E-state index contributed by atoms with van der Waals surface area (Å²) in [6, 6.07) is 59.1. The van der Waals surface area contributed by atoms with Gasteiger partial charge >= 0.3 is 0 Å². The van der Waals surface area contributed by atoms with Crippen LogP contribution in [0.1, 0.15) is 11.1 Å². The molecule has 50 heavy (non-hydrogen) atoms. The average molecular weight is 633 g/mol. The van der Waals surface area contributed by atoms with E-state index in [1.165, 1.54) is 121 Å². The Hall–Kier alpha value is -6.24. The highest BCUT2D eigenvalue weighted by Crippen LogP contribution is 2.59. The van der Waals surface area contributed by atoms with Gasteiger partial charge < -0.3 is 0 Å². The lowest BCUT2D eigenvalue weighted by Crippen LogP contribution is -1.93. The molecule has 11 rings (SSSR count). The number of aryl methyl sites for hydroxylation is 2. The zero-order chi connectivity index (χ0) is 33.1. The van der Waals surface area contributed by atoms with Crippen molar-refractivity contribution in [1.29, 1.82) is 0 Å². The van der Waals surface area contributed by atoms with E-state index in [0.29, 0.717) is 0 Å². The SMILES string of the molecule is Cc1cc2c3c(c(C)ccc3c1)-c1ccc(-c3ccc4c5c(cccc35)-c3c-4c(-c4ccccc4)c4ccccc4c3-c3ccccc3)cc1-2. The lowest BCUT2D eigenvalue weighted by molar-refractivity contribution is 1.49. The summed E-state index contributed by atoms with van der Waals surface area (Å²) in [6.07, 6.45) is 0. The van der Waals surface area contributed by atoms with E-state index in [1.54, 1.807) is 0 Å². The molecule has 0 saturated carbocycles. The Morgan fingerprint density at radius 3 is 1.60 bits per heavy atom. The van der Waals surface area contributed by atoms with Crippen LogP contribution in [0.25, 0.3) is 110 Å². The van der Waals surface area contributed by atoms with Crippen LogP contribution in [0.15, 0.2) is 158 Å². The molecule has 0 spiro atoms. The quantitative estimate of drug-likeness (QED) is 0.182. The first-order valence-electron chi connectivity index (χ1n) is 17.6. The standard InChI is InChI=1S/C50H32/c1-29-26-34-21-20-30(2)44-39-23-22-33(28-42(39)43(27-29)47(34)44)35-24-25-41-48-36(35)18-11-19-40(48)49-45(31-12-5-3-6-13-31)37-16-9-10-17-38(37)46(50(41)49)32-14-7-4-8-15-32/h3-28H,1-2H3. The molecule has 0 aliphatic heterocycles. The molecular formula is C50H32. The third-order valence-corrected chi connectivity index (χ3v) is 11.3. The Morgan fingerprint density at radius 1 is 0.300 bits per heavy atom. The lowest BCUT2D eigenvalue weighted by Gasteiger charge is -2.20. The molecule has 0 atom stereocenters. The Labute approximate surface area is 291 Å². The van der Waals surface area contributed by atoms with E-state index >= 15 is 0 Å². The van der Waals surface area contributed by atoms with Crippen molar-refractivity contribution in [3.8, 4) is 77.9 Å². The molecular weight excluding hydrogens is 601 g/mol. The van der Waals surface area contributed by atoms with E-state index in [0.717, 1.165) is 0 Å². The predicted octanol–water partition coefficient (Wildman–Crippen LogP) is 14.1. The molecule has 0 amide bonds. The predicted molar refractivity (Wildman–Crippen MR) is 214 cm³/mol. The van der Waals surface area contributed by atoms with E-state index in [1.807, 2.05) is 0 Å². The fourth-order valence-corrected chi connectivity index (χ4v) is 9.29. The van der Waals surface area contributed by atoms with Gasteiger partial charge in [-0.1, -0.05) is 152 Å². The molecule has 0 heterocycles. The fraction of sp³-hybridized carbons (Fsp3) is 0.0400. The van der Waals surface area contributed by atoms with Gasteiger partial charge in [-0.2, -0.15) is 0 Å². The summed E-state index contributed by atoms with van der Waals surface area (Å²) >= 11 is 0. The molecule has 0 unspecified atom stereocenters. The van der Waals surface area contributed by atoms with Crippen molar-refractivity contribution in [3.63, 3.8) is 0 Å². The van der Waals surface area contributed by atoms with Gasteiger partial charge in [-0.25, -0.2) is 0 Å². The van der Waals surface area contributed by atoms with Crippen molar-refractivity contribution >= 4 is 32.3 Å². The first-order chi connectivity index (χ1) is 24.7. The highest BCUT2D eigenvalue weighted by Gasteiger charge is 2.31. The van der Waals surface area contributed by atoms with Crippen LogP contribution in [-0.2, 0) is 0 Å². The highest BCUT2D eigenvalue weighted by molar-refractivity contribution is 6.29. The van der Waals surface area contributed by atoms with Crippen LogP contribution < -0.4 is 0 Å². The van der Waals surface area contributed by atoms with Crippen LogP contribution in [-0.4, -0.2) is 0 Å². The van der Waals surface area contributed by atoms with E-state index < -0.39 is 0 Å². The van der Waals surface area contributed by atoms with Crippen LogP contribution in [0.2, 0.25) is 0 Å². The van der Waals surface area contributed by atoms with Gasteiger partial charge in [0.15, 0.2) is 0 Å². The minimum absolute atomic E-state index is 1.25. The van der Waals surface area contributed by atoms with Gasteiger partial charge in [-0.3, -0.25) is 0 Å². The highest BCUT2D eigenvalue weighted by atomic mass is 14.3. The van der Waals surface area contributed by atoms with Crippen LogP contribution in [0.5, 0.6) is 0 Å². The van der Waals surface area contributed by atoms with Gasteiger partial charge in [-0.05, 0) is 141 Å². The monoisotopic (exact) mass is 632 g/mol. The summed E-state index contributed by atoms with van der Waals surface area (Å²) < 4.78 is 0. The maximum absolute atomic E-state index is 2.45. The number of rotatable bonds is 3. The zero-order valence-corrected chi connectivity index (χ0v) is 28.0. The Balaban J connectivity index is 1.21. The smallest absolute Gasteiger partial charge is 0.000741 e. The largest absolute Gasteiger partial charge is 0.0622 e. The maximum atomic E-state index is 2.45. The molecule has 2 aliphatic rings. The molecule has 0 heteroatoms. The van der Waals surface area contributed by atoms with E-state index in [2.05, 4.69) is 172 Å². The lowest BCUT2D eigenvalue weighted by atomic mass is 9.82. The van der Waals surface area contributed by atoms with Crippen molar-refractivity contribution in [1.82, 2.24) is 0 Å². The van der Waals surface area contributed by atoms with Crippen molar-refractivity contribution in [3.05, 3.63) is 169 Å². The molecule has 0 fully saturated rings. The van der Waals surface area contributed by atoms with E-state index in [4.69, 9.17) is 0 Å². The number of hydrogen-bond acceptors (Lipinski definition) is 0. The summed E-state index contributed by atoms with van der Waals surface area (Å²) in [5, 5.41) is 7.96. The molecule has 9 aromatic rings. The van der Waals surface area contributed by atoms with Crippen molar-refractivity contribution < 1.29 is 0 Å². The molecule has 0 saturated heterocycles. The molecule has 0 bridgehead atoms. The molecule has 9 aromatic carbocycles. The second kappa shape index (κ2) is 10.1. The topological polar surface area (TPSA) is 0 Å². The van der Waals surface area contributed by atoms with Gasteiger partial charge in [-0.15, -0.1) is 0 Å². The van der Waals surface area contributed by atoms with Crippen LogP contribution >= 0.6 is 0 Å². The zero-order valence-electron chi connectivity index (χ0n) is 28.0. The first-order valence-corrected chi connectivity index (χ1v) is 17.6. The number of benzene rings is 9. The Morgan fingerprint density at radius 2 is 0.900 bits per heavy atom. The van der Waals surface area contributed by atoms with Gasteiger partial charge in [0.2, 0.25) is 0 Å². The molecule has 0 nitrogen and oxygen atoms in total. The summed E-state index contributed by atoms with van der Waals surface area (Å²) in [6.45, 7) is 4.47. The van der Waals surface area contributed by atoms with Gasteiger partial charge in [0.25, 0.3) is 0 Å². The third kappa shape index (κ3) is 3.66. The second-order valence-electron chi connectivity index (χ2n) is 14.1. The van der Waals surface area contributed by atoms with Crippen molar-refractivity contribution in [2.45, 2.75) is 13.8 Å². The maximum Gasteiger partial charge on any atom is -0.000741 e. The van der Waals surface area contributed by atoms with E-state index in [-0.39, 0.29) is 0 Å². The minimum Gasteiger partial charge on any atom is -0.0622 e. The van der Waals surface area contributed by atoms with Crippen LogP contribution in [0.3, 0.4) is 0 Å². The van der Waals surface area contributed by atoms with Crippen LogP contribution in [0.4, 0.5) is 0 Å². The summed E-state index contributed by atoms with van der Waals surface area (Å²) in [4.78, 5) is 0. The minimum atomic E-state index is 1.25. The van der Waals surface area contributed by atoms with Crippen molar-refractivity contribution in [2.24, 2.45) is 0 Å². The van der Waals surface area contributed by atoms with Crippen molar-refractivity contribution in [2.75, 3.05) is 0 Å². The Bertz CT molecular complexity index is 2820. The second-order valence-corrected chi connectivity index (χ2v) is 14.1. The fourth-order valence-electron chi connectivity index (χ4n) is 9.29. The normalized spacial score (nSPS) is 12.2. The summed E-state index contributed by atoms with van der Waals surface area (Å²) in [5.41, 5.74) is 21.1. The van der Waals surface area contributed by atoms with Gasteiger partial charge in [0.05, 0.1) is 0 Å². The Kier molecular flexibility index (Phi) is 5.61. The summed E-state index contributed by atoms with van der Waals surface area (Å²) in [7, 11) is 0. The molecule has 0 N–H and O–H groups in total. The molecule has 0 radical (unpaired) electrons. The number of fused-ring (bicyclic) bond motifs is 7. The number of hydrogen-bond donors (Lipinski definition) is 0. The summed E-state index contributed by atoms with van der Waals surface area (Å²) in [5.74, 6) is 0. The van der Waals surface area contributed by atoms with Crippen LogP contribution in [0, 0.1) is 13.8 Å². The van der Waals surface area contributed by atoms with Gasteiger partial charge in [0, 0.05) is 0 Å². The first kappa shape index (κ1) is 27.7. The molecule has 2 aliphatic carbocycles. The van der Waals surface area contributed by atoms with E-state index in [9.17, 15) is 0 Å². The van der Waals surface area contributed by atoms with Gasteiger partial charge in [0.1, 0.15) is 0 Å². The molecule has 0 aromatic heterocycles. The third-order valence-electron chi connectivity index (χ3n) is 11.3.